The zero-order valence-electron chi connectivity index (χ0n) is 9.87. The number of rotatable bonds is 4. The van der Waals surface area contributed by atoms with Crippen LogP contribution in [-0.2, 0) is 4.79 Å². The van der Waals surface area contributed by atoms with Gasteiger partial charge in [-0.15, -0.1) is 0 Å². The van der Waals surface area contributed by atoms with Crippen molar-refractivity contribution in [1.82, 2.24) is 15.2 Å². The molecule has 1 aliphatic heterocycles. The Hall–Kier alpha value is -1.56. The van der Waals surface area contributed by atoms with Crippen molar-refractivity contribution >= 4 is 24.4 Å². The lowest BCUT2D eigenvalue weighted by molar-refractivity contribution is -0.127. The summed E-state index contributed by atoms with van der Waals surface area (Å²) in [5.41, 5.74) is 0.525. The predicted octanol–water partition coefficient (Wildman–Crippen LogP) is 0.342. The van der Waals surface area contributed by atoms with Gasteiger partial charge in [0.15, 0.2) is 0 Å². The summed E-state index contributed by atoms with van der Waals surface area (Å²) in [7, 11) is 0. The summed E-state index contributed by atoms with van der Waals surface area (Å²) in [4.78, 5) is 28.8. The van der Waals surface area contributed by atoms with Crippen LogP contribution in [0.4, 0.5) is 0 Å². The van der Waals surface area contributed by atoms with Crippen LogP contribution in [0.5, 0.6) is 0 Å². The topological polar surface area (TPSA) is 62.3 Å². The van der Waals surface area contributed by atoms with E-state index < -0.39 is 0 Å². The normalized spacial score (nSPS) is 19.1. The molecule has 96 valence electrons. The number of likely N-dealkylation sites (tertiary alicyclic amines) is 1. The summed E-state index contributed by atoms with van der Waals surface area (Å²) in [6.07, 6.45) is 3.62. The molecule has 1 aromatic rings. The fourth-order valence-electron chi connectivity index (χ4n) is 1.87. The molecular formula is C12H15N3O2S. The maximum atomic E-state index is 11.7. The van der Waals surface area contributed by atoms with Crippen LogP contribution in [-0.4, -0.2) is 46.6 Å². The molecule has 0 spiro atoms. The first-order chi connectivity index (χ1) is 8.66. The second-order valence-electron chi connectivity index (χ2n) is 4.20. The Balaban J connectivity index is 1.76. The Kier molecular flexibility index (Phi) is 4.19. The molecule has 18 heavy (non-hydrogen) atoms. The Morgan fingerprint density at radius 2 is 2.44 bits per heavy atom. The minimum atomic E-state index is -0.169. The van der Waals surface area contributed by atoms with Gasteiger partial charge in [-0.2, -0.15) is 12.6 Å². The average Bonchev–Trinajstić information content (AvgIpc) is 2.69. The van der Waals surface area contributed by atoms with Crippen molar-refractivity contribution in [2.45, 2.75) is 11.7 Å². The minimum absolute atomic E-state index is 0.102. The lowest BCUT2D eigenvalue weighted by Crippen LogP contribution is -2.35. The van der Waals surface area contributed by atoms with E-state index in [1.165, 1.54) is 6.20 Å². The molecule has 1 saturated heterocycles. The van der Waals surface area contributed by atoms with Crippen molar-refractivity contribution in [3.05, 3.63) is 30.1 Å². The smallest absolute Gasteiger partial charge is 0.252 e. The number of thiol groups is 1. The Morgan fingerprint density at radius 1 is 1.61 bits per heavy atom. The SMILES string of the molecule is O=C(NCCN1CC(S)CC1=O)c1cccnc1. The number of carbonyl (C=O) groups excluding carboxylic acids is 2. The molecule has 1 aromatic heterocycles. The maximum Gasteiger partial charge on any atom is 0.252 e. The van der Waals surface area contributed by atoms with E-state index in [0.29, 0.717) is 31.6 Å². The van der Waals surface area contributed by atoms with Gasteiger partial charge in [-0.3, -0.25) is 14.6 Å². The van der Waals surface area contributed by atoms with Gasteiger partial charge in [0, 0.05) is 43.7 Å². The predicted molar refractivity (Wildman–Crippen MR) is 70.5 cm³/mol. The van der Waals surface area contributed by atoms with Crippen molar-refractivity contribution in [3.8, 4) is 0 Å². The van der Waals surface area contributed by atoms with Gasteiger partial charge in [-0.1, -0.05) is 0 Å². The number of aromatic nitrogens is 1. The molecule has 0 radical (unpaired) electrons. The fraction of sp³-hybridized carbons (Fsp3) is 0.417. The highest BCUT2D eigenvalue weighted by molar-refractivity contribution is 7.81. The monoisotopic (exact) mass is 265 g/mol. The third-order valence-electron chi connectivity index (χ3n) is 2.79. The molecule has 0 aliphatic carbocycles. The van der Waals surface area contributed by atoms with Crippen molar-refractivity contribution in [2.75, 3.05) is 19.6 Å². The van der Waals surface area contributed by atoms with Gasteiger partial charge in [0.05, 0.1) is 5.56 Å². The second kappa shape index (κ2) is 5.86. The van der Waals surface area contributed by atoms with Gasteiger partial charge in [0.2, 0.25) is 5.91 Å². The second-order valence-corrected chi connectivity index (χ2v) is 4.93. The largest absolute Gasteiger partial charge is 0.350 e. The molecule has 0 saturated carbocycles. The highest BCUT2D eigenvalue weighted by atomic mass is 32.1. The summed E-state index contributed by atoms with van der Waals surface area (Å²) in [5.74, 6) is -0.0669. The van der Waals surface area contributed by atoms with E-state index in [2.05, 4.69) is 22.9 Å². The van der Waals surface area contributed by atoms with E-state index in [1.807, 2.05) is 0 Å². The molecule has 1 aliphatic rings. The fourth-order valence-corrected chi connectivity index (χ4v) is 2.22. The number of nitrogens with zero attached hydrogens (tertiary/aromatic N) is 2. The highest BCUT2D eigenvalue weighted by Crippen LogP contribution is 2.14. The number of hydrogen-bond acceptors (Lipinski definition) is 4. The standard InChI is InChI=1S/C12H15N3O2S/c16-11-6-10(18)8-15(11)5-4-14-12(17)9-2-1-3-13-7-9/h1-3,7,10,18H,4-6,8H2,(H,14,17). The number of nitrogens with one attached hydrogen (secondary N) is 1. The van der Waals surface area contributed by atoms with E-state index in [0.717, 1.165) is 0 Å². The zero-order valence-corrected chi connectivity index (χ0v) is 10.8. The van der Waals surface area contributed by atoms with Crippen LogP contribution in [0.2, 0.25) is 0 Å². The molecule has 5 nitrogen and oxygen atoms in total. The Labute approximate surface area is 111 Å². The zero-order chi connectivity index (χ0) is 13.0. The molecular weight excluding hydrogens is 250 g/mol. The van der Waals surface area contributed by atoms with Crippen molar-refractivity contribution < 1.29 is 9.59 Å². The van der Waals surface area contributed by atoms with Gasteiger partial charge in [0.25, 0.3) is 5.91 Å². The Morgan fingerprint density at radius 3 is 3.06 bits per heavy atom. The maximum absolute atomic E-state index is 11.7. The summed E-state index contributed by atoms with van der Waals surface area (Å²) < 4.78 is 0. The molecule has 0 bridgehead atoms. The molecule has 6 heteroatoms. The minimum Gasteiger partial charge on any atom is -0.350 e. The van der Waals surface area contributed by atoms with Crippen molar-refractivity contribution in [1.29, 1.82) is 0 Å². The van der Waals surface area contributed by atoms with E-state index in [1.54, 1.807) is 23.2 Å². The van der Waals surface area contributed by atoms with E-state index in [9.17, 15) is 9.59 Å². The van der Waals surface area contributed by atoms with Crippen LogP contribution < -0.4 is 5.32 Å². The van der Waals surface area contributed by atoms with Crippen LogP contribution in [0.3, 0.4) is 0 Å². The van der Waals surface area contributed by atoms with E-state index in [4.69, 9.17) is 0 Å². The first-order valence-electron chi connectivity index (χ1n) is 5.81. The third-order valence-corrected chi connectivity index (χ3v) is 3.13. The summed E-state index contributed by atoms with van der Waals surface area (Å²) in [5, 5.41) is 2.88. The molecule has 1 N–H and O–H groups in total. The highest BCUT2D eigenvalue weighted by Gasteiger charge is 2.26. The number of carbonyl (C=O) groups is 2. The van der Waals surface area contributed by atoms with Gasteiger partial charge in [0.1, 0.15) is 0 Å². The third kappa shape index (κ3) is 3.22. The molecule has 1 atom stereocenters. The quantitative estimate of drug-likeness (QED) is 0.772. The van der Waals surface area contributed by atoms with Gasteiger partial charge in [-0.25, -0.2) is 0 Å². The lowest BCUT2D eigenvalue weighted by atomic mass is 10.3. The van der Waals surface area contributed by atoms with Gasteiger partial charge in [-0.05, 0) is 12.1 Å². The average molecular weight is 265 g/mol. The number of amides is 2. The summed E-state index contributed by atoms with van der Waals surface area (Å²) >= 11 is 4.27. The van der Waals surface area contributed by atoms with Crippen molar-refractivity contribution in [2.24, 2.45) is 0 Å². The van der Waals surface area contributed by atoms with E-state index in [-0.39, 0.29) is 17.1 Å². The first-order valence-corrected chi connectivity index (χ1v) is 6.32. The molecule has 1 unspecified atom stereocenters. The van der Waals surface area contributed by atoms with Crippen molar-refractivity contribution in [3.63, 3.8) is 0 Å². The van der Waals surface area contributed by atoms with Gasteiger partial charge >= 0.3 is 0 Å². The summed E-state index contributed by atoms with van der Waals surface area (Å²) in [6, 6.07) is 3.41. The van der Waals surface area contributed by atoms with Crippen LogP contribution in [0.1, 0.15) is 16.8 Å². The summed E-state index contributed by atoms with van der Waals surface area (Å²) in [6.45, 7) is 1.63. The molecule has 2 amide bonds. The van der Waals surface area contributed by atoms with E-state index >= 15 is 0 Å². The van der Waals surface area contributed by atoms with Crippen LogP contribution in [0, 0.1) is 0 Å². The van der Waals surface area contributed by atoms with Crippen LogP contribution in [0.25, 0.3) is 0 Å². The van der Waals surface area contributed by atoms with Crippen LogP contribution in [0.15, 0.2) is 24.5 Å². The van der Waals surface area contributed by atoms with Crippen LogP contribution >= 0.6 is 12.6 Å². The molecule has 1 fully saturated rings. The number of pyridine rings is 1. The Bertz CT molecular complexity index is 438. The number of hydrogen-bond donors (Lipinski definition) is 2. The molecule has 0 aromatic carbocycles. The van der Waals surface area contributed by atoms with Gasteiger partial charge < -0.3 is 10.2 Å². The lowest BCUT2D eigenvalue weighted by Gasteiger charge is -2.15. The first kappa shape index (κ1) is 12.9. The molecule has 2 heterocycles. The molecule has 2 rings (SSSR count).